The summed E-state index contributed by atoms with van der Waals surface area (Å²) >= 11 is 0. The molecule has 7 nitrogen and oxygen atoms in total. The maximum absolute atomic E-state index is 12.0. The number of nitrogens with one attached hydrogen (secondary N) is 2. The van der Waals surface area contributed by atoms with E-state index in [1.54, 1.807) is 24.0 Å². The van der Waals surface area contributed by atoms with E-state index in [4.69, 9.17) is 4.42 Å². The zero-order chi connectivity index (χ0) is 14.6. The Morgan fingerprint density at radius 2 is 2.20 bits per heavy atom. The van der Waals surface area contributed by atoms with Crippen LogP contribution in [0.1, 0.15) is 11.3 Å². The Hall–Kier alpha value is -1.64. The molecule has 0 bridgehead atoms. The van der Waals surface area contributed by atoms with Crippen molar-refractivity contribution in [2.45, 2.75) is 25.1 Å². The van der Waals surface area contributed by atoms with Crippen molar-refractivity contribution >= 4 is 10.0 Å². The number of hydrogen-bond acceptors (Lipinski definition) is 5. The molecule has 0 atom stereocenters. The van der Waals surface area contributed by atoms with Gasteiger partial charge in [0.15, 0.2) is 0 Å². The Balaban J connectivity index is 1.92. The molecule has 2 N–H and O–H groups in total. The quantitative estimate of drug-likeness (QED) is 0.776. The molecule has 110 valence electrons. The minimum atomic E-state index is -3.61. The molecule has 2 rings (SSSR count). The third-order valence-electron chi connectivity index (χ3n) is 2.65. The summed E-state index contributed by atoms with van der Waals surface area (Å²) in [6.07, 6.45) is 3.58. The molecule has 2 aromatic rings. The molecule has 0 radical (unpaired) electrons. The van der Waals surface area contributed by atoms with Gasteiger partial charge in [0.1, 0.15) is 5.76 Å². The van der Waals surface area contributed by atoms with Crippen LogP contribution in [-0.2, 0) is 23.1 Å². The number of nitrogens with zero attached hydrogens (tertiary/aromatic N) is 2. The maximum atomic E-state index is 12.0. The molecule has 0 aromatic carbocycles. The summed E-state index contributed by atoms with van der Waals surface area (Å²) in [4.78, 5) is 0. The minimum Gasteiger partial charge on any atom is -0.447 e. The van der Waals surface area contributed by atoms with Crippen molar-refractivity contribution in [2.75, 3.05) is 13.6 Å². The van der Waals surface area contributed by atoms with E-state index in [2.05, 4.69) is 15.1 Å². The van der Waals surface area contributed by atoms with Crippen LogP contribution in [0.25, 0.3) is 0 Å². The zero-order valence-electron chi connectivity index (χ0n) is 11.5. The Bertz CT molecular complexity index is 660. The van der Waals surface area contributed by atoms with Gasteiger partial charge >= 0.3 is 0 Å². The summed E-state index contributed by atoms with van der Waals surface area (Å²) in [6, 6.07) is 3.09. The monoisotopic (exact) mass is 298 g/mol. The van der Waals surface area contributed by atoms with Crippen LogP contribution < -0.4 is 10.0 Å². The molecule has 0 aliphatic rings. The van der Waals surface area contributed by atoms with Crippen LogP contribution in [0.3, 0.4) is 0 Å². The Morgan fingerprint density at radius 1 is 1.40 bits per heavy atom. The van der Waals surface area contributed by atoms with Crippen molar-refractivity contribution in [1.29, 1.82) is 0 Å². The smallest absolute Gasteiger partial charge is 0.274 e. The van der Waals surface area contributed by atoms with E-state index >= 15 is 0 Å². The summed E-state index contributed by atoms with van der Waals surface area (Å²) < 4.78 is 33.4. The second-order valence-electron chi connectivity index (χ2n) is 4.43. The van der Waals surface area contributed by atoms with Crippen molar-refractivity contribution in [3.63, 3.8) is 0 Å². The minimum absolute atomic E-state index is 0.0700. The highest BCUT2D eigenvalue weighted by Gasteiger charge is 2.18. The first-order valence-electron chi connectivity index (χ1n) is 6.23. The van der Waals surface area contributed by atoms with E-state index in [0.29, 0.717) is 18.8 Å². The number of furan rings is 1. The summed E-state index contributed by atoms with van der Waals surface area (Å²) in [6.45, 7) is 3.14. The lowest BCUT2D eigenvalue weighted by atomic mass is 10.4. The van der Waals surface area contributed by atoms with E-state index < -0.39 is 10.0 Å². The predicted octanol–water partition coefficient (Wildman–Crippen LogP) is 0.482. The van der Waals surface area contributed by atoms with Crippen molar-refractivity contribution < 1.29 is 12.8 Å². The lowest BCUT2D eigenvalue weighted by Gasteiger charge is -2.04. The molecule has 0 aliphatic carbocycles. The van der Waals surface area contributed by atoms with Crippen LogP contribution in [0.4, 0.5) is 0 Å². The van der Waals surface area contributed by atoms with Gasteiger partial charge in [-0.1, -0.05) is 0 Å². The first kappa shape index (κ1) is 14.8. The number of hydrogen-bond donors (Lipinski definition) is 2. The van der Waals surface area contributed by atoms with Gasteiger partial charge in [0.2, 0.25) is 5.09 Å². The number of aryl methyl sites for hydroxylation is 1. The lowest BCUT2D eigenvalue weighted by Crippen LogP contribution is -2.27. The van der Waals surface area contributed by atoms with Gasteiger partial charge < -0.3 is 9.73 Å². The molecule has 0 saturated carbocycles. The largest absolute Gasteiger partial charge is 0.447 e. The fourth-order valence-electron chi connectivity index (χ4n) is 1.73. The molecule has 8 heteroatoms. The third kappa shape index (κ3) is 3.69. The molecular weight excluding hydrogens is 280 g/mol. The van der Waals surface area contributed by atoms with Gasteiger partial charge in [-0.15, -0.1) is 0 Å². The third-order valence-corrected chi connectivity index (χ3v) is 3.98. The Labute approximate surface area is 118 Å². The fourth-order valence-corrected chi connectivity index (χ4v) is 2.69. The molecule has 2 aromatic heterocycles. The number of aromatic nitrogens is 2. The first-order valence-corrected chi connectivity index (χ1v) is 7.71. The van der Waals surface area contributed by atoms with Crippen molar-refractivity contribution in [3.8, 4) is 0 Å². The van der Waals surface area contributed by atoms with Gasteiger partial charge in [-0.25, -0.2) is 13.1 Å². The van der Waals surface area contributed by atoms with Crippen molar-refractivity contribution in [1.82, 2.24) is 19.8 Å². The molecular formula is C12H18N4O3S. The van der Waals surface area contributed by atoms with Gasteiger partial charge in [0.05, 0.1) is 19.3 Å². The molecule has 0 amide bonds. The first-order chi connectivity index (χ1) is 9.51. The Morgan fingerprint density at radius 3 is 2.85 bits per heavy atom. The standard InChI is InChI=1S/C12H18N4O3S/c1-10-7-14-16(9-10)6-5-15-20(17,18)12-4-3-11(19-12)8-13-2/h3-4,7,9,13,15H,5-6,8H2,1-2H3. The summed E-state index contributed by atoms with van der Waals surface area (Å²) in [7, 11) is -1.84. The van der Waals surface area contributed by atoms with Gasteiger partial charge in [-0.2, -0.15) is 5.10 Å². The van der Waals surface area contributed by atoms with Crippen LogP contribution in [-0.4, -0.2) is 31.8 Å². The maximum Gasteiger partial charge on any atom is 0.274 e. The molecule has 2 heterocycles. The van der Waals surface area contributed by atoms with Crippen LogP contribution in [0.2, 0.25) is 0 Å². The summed E-state index contributed by atoms with van der Waals surface area (Å²) in [5.74, 6) is 0.579. The molecule has 0 saturated heterocycles. The SMILES string of the molecule is CNCc1ccc(S(=O)(=O)NCCn2cc(C)cn2)o1. The summed E-state index contributed by atoms with van der Waals surface area (Å²) in [5, 5.41) is 6.91. The normalized spacial score (nSPS) is 11.9. The Kier molecular flexibility index (Phi) is 4.58. The van der Waals surface area contributed by atoms with Crippen LogP contribution in [0.5, 0.6) is 0 Å². The van der Waals surface area contributed by atoms with E-state index in [1.165, 1.54) is 6.07 Å². The van der Waals surface area contributed by atoms with Crippen LogP contribution in [0.15, 0.2) is 34.0 Å². The molecule has 0 fully saturated rings. The number of rotatable bonds is 7. The highest BCUT2D eigenvalue weighted by Crippen LogP contribution is 2.13. The average Bonchev–Trinajstić information content (AvgIpc) is 2.99. The molecule has 0 spiro atoms. The predicted molar refractivity (Wildman–Crippen MR) is 73.6 cm³/mol. The highest BCUT2D eigenvalue weighted by atomic mass is 32.2. The fraction of sp³-hybridized carbons (Fsp3) is 0.417. The zero-order valence-corrected chi connectivity index (χ0v) is 12.3. The van der Waals surface area contributed by atoms with E-state index in [1.807, 2.05) is 13.1 Å². The highest BCUT2D eigenvalue weighted by molar-refractivity contribution is 7.89. The number of sulfonamides is 1. The van der Waals surface area contributed by atoms with Crippen molar-refractivity contribution in [2.24, 2.45) is 0 Å². The molecule has 0 aliphatic heterocycles. The van der Waals surface area contributed by atoms with E-state index in [0.717, 1.165) is 5.56 Å². The molecule has 20 heavy (non-hydrogen) atoms. The molecule has 0 unspecified atom stereocenters. The van der Waals surface area contributed by atoms with E-state index in [9.17, 15) is 8.42 Å². The van der Waals surface area contributed by atoms with Crippen molar-refractivity contribution in [3.05, 3.63) is 35.9 Å². The lowest BCUT2D eigenvalue weighted by molar-refractivity contribution is 0.404. The van der Waals surface area contributed by atoms with Gasteiger partial charge in [0.25, 0.3) is 10.0 Å². The second kappa shape index (κ2) is 6.21. The second-order valence-corrected chi connectivity index (χ2v) is 6.13. The summed E-state index contributed by atoms with van der Waals surface area (Å²) in [5.41, 5.74) is 1.04. The van der Waals surface area contributed by atoms with Gasteiger partial charge in [0, 0.05) is 12.7 Å². The van der Waals surface area contributed by atoms with Gasteiger partial charge in [-0.3, -0.25) is 4.68 Å². The van der Waals surface area contributed by atoms with E-state index in [-0.39, 0.29) is 11.6 Å². The van der Waals surface area contributed by atoms with Crippen LogP contribution >= 0.6 is 0 Å². The van der Waals surface area contributed by atoms with Crippen LogP contribution in [0, 0.1) is 6.92 Å². The topological polar surface area (TPSA) is 89.2 Å². The van der Waals surface area contributed by atoms with Gasteiger partial charge in [-0.05, 0) is 31.7 Å². The average molecular weight is 298 g/mol.